The van der Waals surface area contributed by atoms with Crippen molar-refractivity contribution in [2.75, 3.05) is 0 Å². The number of rotatable bonds is 4. The van der Waals surface area contributed by atoms with Crippen LogP contribution >= 0.6 is 11.3 Å². The number of aliphatic carboxylic acids is 1. The zero-order valence-corrected chi connectivity index (χ0v) is 10.9. The average Bonchev–Trinajstić information content (AvgIpc) is 2.76. The molecule has 1 unspecified atom stereocenters. The molecule has 1 aromatic heterocycles. The maximum Gasteiger partial charge on any atom is 0.344 e. The van der Waals surface area contributed by atoms with E-state index in [1.807, 2.05) is 24.4 Å². The molecule has 2 rings (SSSR count). The number of hydrogen-bond acceptors (Lipinski definition) is 4. The van der Waals surface area contributed by atoms with E-state index in [0.717, 1.165) is 16.3 Å². The lowest BCUT2D eigenvalue weighted by Gasteiger charge is -2.10. The Kier molecular flexibility index (Phi) is 3.62. The average molecular weight is 263 g/mol. The van der Waals surface area contributed by atoms with Crippen LogP contribution in [0.1, 0.15) is 12.6 Å². The predicted molar refractivity (Wildman–Crippen MR) is 70.0 cm³/mol. The summed E-state index contributed by atoms with van der Waals surface area (Å²) in [5.41, 5.74) is 2.00. The van der Waals surface area contributed by atoms with Crippen LogP contribution in [-0.2, 0) is 4.79 Å². The molecule has 18 heavy (non-hydrogen) atoms. The molecule has 0 fully saturated rings. The number of nitrogens with zero attached hydrogens (tertiary/aromatic N) is 1. The summed E-state index contributed by atoms with van der Waals surface area (Å²) in [6.07, 6.45) is -0.849. The lowest BCUT2D eigenvalue weighted by Crippen LogP contribution is -2.22. The van der Waals surface area contributed by atoms with Crippen molar-refractivity contribution in [1.82, 2.24) is 4.98 Å². The van der Waals surface area contributed by atoms with Gasteiger partial charge in [0.2, 0.25) is 0 Å². The second-order valence-corrected chi connectivity index (χ2v) is 4.77. The van der Waals surface area contributed by atoms with Gasteiger partial charge >= 0.3 is 5.97 Å². The highest BCUT2D eigenvalue weighted by molar-refractivity contribution is 7.13. The van der Waals surface area contributed by atoms with E-state index in [9.17, 15) is 4.79 Å². The number of thiazole rings is 1. The normalized spacial score (nSPS) is 12.1. The van der Waals surface area contributed by atoms with Gasteiger partial charge in [0.05, 0.1) is 0 Å². The quantitative estimate of drug-likeness (QED) is 0.921. The van der Waals surface area contributed by atoms with E-state index in [-0.39, 0.29) is 0 Å². The van der Waals surface area contributed by atoms with Crippen LogP contribution in [0.3, 0.4) is 0 Å². The molecule has 2 aromatic rings. The summed E-state index contributed by atoms with van der Waals surface area (Å²) >= 11 is 1.58. The molecule has 5 heteroatoms. The van der Waals surface area contributed by atoms with Gasteiger partial charge in [0.25, 0.3) is 0 Å². The van der Waals surface area contributed by atoms with Crippen LogP contribution in [0, 0.1) is 6.92 Å². The molecule has 0 saturated heterocycles. The molecule has 1 heterocycles. The number of aromatic nitrogens is 1. The fourth-order valence-corrected chi connectivity index (χ4v) is 2.22. The van der Waals surface area contributed by atoms with Crippen LogP contribution in [0.2, 0.25) is 0 Å². The summed E-state index contributed by atoms with van der Waals surface area (Å²) in [4.78, 5) is 15.0. The number of aryl methyl sites for hydroxylation is 1. The summed E-state index contributed by atoms with van der Waals surface area (Å²) < 4.78 is 5.26. The van der Waals surface area contributed by atoms with E-state index < -0.39 is 12.1 Å². The third kappa shape index (κ3) is 2.87. The standard InChI is InChI=1S/C13H13NO3S/c1-8-7-18-12(14-8)10-3-5-11(6-4-10)17-9(2)13(15)16/h3-7,9H,1-2H3,(H,15,16). The van der Waals surface area contributed by atoms with Gasteiger partial charge in [-0.3, -0.25) is 0 Å². The number of benzene rings is 1. The molecular weight excluding hydrogens is 250 g/mol. The Balaban J connectivity index is 2.13. The number of carboxylic acids is 1. The van der Waals surface area contributed by atoms with E-state index in [1.54, 1.807) is 23.5 Å². The minimum atomic E-state index is -0.977. The lowest BCUT2D eigenvalue weighted by atomic mass is 10.2. The molecule has 1 atom stereocenters. The summed E-state index contributed by atoms with van der Waals surface area (Å²) in [6, 6.07) is 7.27. The van der Waals surface area contributed by atoms with E-state index >= 15 is 0 Å². The largest absolute Gasteiger partial charge is 0.479 e. The molecule has 0 aliphatic heterocycles. The molecule has 0 aliphatic rings. The number of carbonyl (C=O) groups is 1. The molecule has 94 valence electrons. The van der Waals surface area contributed by atoms with Crippen LogP contribution in [0.15, 0.2) is 29.6 Å². The minimum Gasteiger partial charge on any atom is -0.479 e. The number of carboxylic acid groups (broad SMARTS) is 1. The van der Waals surface area contributed by atoms with Gasteiger partial charge < -0.3 is 9.84 Å². The van der Waals surface area contributed by atoms with E-state index in [4.69, 9.17) is 9.84 Å². The molecule has 0 aliphatic carbocycles. The highest BCUT2D eigenvalue weighted by atomic mass is 32.1. The molecular formula is C13H13NO3S. The summed E-state index contributed by atoms with van der Waals surface area (Å²) in [5.74, 6) is -0.434. The van der Waals surface area contributed by atoms with Gasteiger partial charge in [-0.25, -0.2) is 9.78 Å². The van der Waals surface area contributed by atoms with Gasteiger partial charge in [0, 0.05) is 16.6 Å². The first-order chi connectivity index (χ1) is 8.56. The Morgan fingerprint density at radius 1 is 1.39 bits per heavy atom. The lowest BCUT2D eigenvalue weighted by molar-refractivity contribution is -0.144. The maximum absolute atomic E-state index is 10.7. The Hall–Kier alpha value is -1.88. The van der Waals surface area contributed by atoms with Crippen molar-refractivity contribution >= 4 is 17.3 Å². The van der Waals surface area contributed by atoms with Crippen molar-refractivity contribution in [1.29, 1.82) is 0 Å². The fourth-order valence-electron chi connectivity index (χ4n) is 1.42. The molecule has 0 amide bonds. The zero-order valence-electron chi connectivity index (χ0n) is 10.1. The molecule has 0 saturated carbocycles. The second-order valence-electron chi connectivity index (χ2n) is 3.92. The molecule has 1 aromatic carbocycles. The van der Waals surface area contributed by atoms with Gasteiger partial charge in [-0.1, -0.05) is 0 Å². The van der Waals surface area contributed by atoms with Crippen LogP contribution < -0.4 is 4.74 Å². The summed E-state index contributed by atoms with van der Waals surface area (Å²) in [7, 11) is 0. The van der Waals surface area contributed by atoms with Gasteiger partial charge in [-0.15, -0.1) is 11.3 Å². The Morgan fingerprint density at radius 2 is 2.06 bits per heavy atom. The Morgan fingerprint density at radius 3 is 2.56 bits per heavy atom. The first kappa shape index (κ1) is 12.6. The van der Waals surface area contributed by atoms with Crippen LogP contribution in [0.5, 0.6) is 5.75 Å². The SMILES string of the molecule is Cc1csc(-c2ccc(OC(C)C(=O)O)cc2)n1. The fraction of sp³-hybridized carbons (Fsp3) is 0.231. The number of hydrogen-bond donors (Lipinski definition) is 1. The number of ether oxygens (including phenoxy) is 1. The smallest absolute Gasteiger partial charge is 0.344 e. The molecule has 0 bridgehead atoms. The van der Waals surface area contributed by atoms with Crippen molar-refractivity contribution in [2.45, 2.75) is 20.0 Å². The van der Waals surface area contributed by atoms with Crippen LogP contribution in [0.4, 0.5) is 0 Å². The van der Waals surface area contributed by atoms with Gasteiger partial charge in [0.15, 0.2) is 6.10 Å². The molecule has 4 nitrogen and oxygen atoms in total. The topological polar surface area (TPSA) is 59.4 Å². The first-order valence-electron chi connectivity index (χ1n) is 5.48. The third-order valence-corrected chi connectivity index (χ3v) is 3.39. The van der Waals surface area contributed by atoms with E-state index in [1.165, 1.54) is 6.92 Å². The second kappa shape index (κ2) is 5.18. The highest BCUT2D eigenvalue weighted by Gasteiger charge is 2.12. The Bertz CT molecular complexity index is 548. The minimum absolute atomic E-state index is 0.543. The van der Waals surface area contributed by atoms with Gasteiger partial charge in [-0.05, 0) is 38.1 Å². The Labute approximate surface area is 109 Å². The van der Waals surface area contributed by atoms with Crippen molar-refractivity contribution in [2.24, 2.45) is 0 Å². The van der Waals surface area contributed by atoms with Gasteiger partial charge in [-0.2, -0.15) is 0 Å². The van der Waals surface area contributed by atoms with E-state index in [2.05, 4.69) is 4.98 Å². The van der Waals surface area contributed by atoms with Crippen molar-refractivity contribution in [3.05, 3.63) is 35.3 Å². The zero-order chi connectivity index (χ0) is 13.1. The molecule has 0 spiro atoms. The van der Waals surface area contributed by atoms with Crippen molar-refractivity contribution < 1.29 is 14.6 Å². The van der Waals surface area contributed by atoms with Crippen molar-refractivity contribution in [3.8, 4) is 16.3 Å². The third-order valence-electron chi connectivity index (χ3n) is 2.38. The maximum atomic E-state index is 10.7. The van der Waals surface area contributed by atoms with Crippen molar-refractivity contribution in [3.63, 3.8) is 0 Å². The summed E-state index contributed by atoms with van der Waals surface area (Å²) in [5, 5.41) is 11.7. The summed E-state index contributed by atoms with van der Waals surface area (Å²) in [6.45, 7) is 3.45. The first-order valence-corrected chi connectivity index (χ1v) is 6.36. The molecule has 1 N–H and O–H groups in total. The van der Waals surface area contributed by atoms with Gasteiger partial charge in [0.1, 0.15) is 10.8 Å². The highest BCUT2D eigenvalue weighted by Crippen LogP contribution is 2.25. The van der Waals surface area contributed by atoms with E-state index in [0.29, 0.717) is 5.75 Å². The molecule has 0 radical (unpaired) electrons. The predicted octanol–water partition coefficient (Wildman–Crippen LogP) is 2.97. The van der Waals surface area contributed by atoms with Crippen LogP contribution in [-0.4, -0.2) is 22.2 Å². The monoisotopic (exact) mass is 263 g/mol. The van der Waals surface area contributed by atoms with Crippen LogP contribution in [0.25, 0.3) is 10.6 Å².